The van der Waals surface area contributed by atoms with Crippen LogP contribution < -0.4 is 9.47 Å². The quantitative estimate of drug-likeness (QED) is 0.824. The minimum Gasteiger partial charge on any atom is -0.486 e. The van der Waals surface area contributed by atoms with Crippen LogP contribution in [0.4, 0.5) is 0 Å². The number of likely N-dealkylation sites (N-methyl/N-ethyl adjacent to an activating group) is 1. The highest BCUT2D eigenvalue weighted by molar-refractivity contribution is 5.80. The van der Waals surface area contributed by atoms with Gasteiger partial charge in [-0.25, -0.2) is 0 Å². The van der Waals surface area contributed by atoms with E-state index in [1.165, 1.54) is 7.11 Å². The van der Waals surface area contributed by atoms with Crippen molar-refractivity contribution in [1.29, 1.82) is 0 Å². The lowest BCUT2D eigenvalue weighted by Crippen LogP contribution is -2.44. The molecule has 1 aromatic rings. The van der Waals surface area contributed by atoms with Gasteiger partial charge in [0.05, 0.1) is 6.54 Å². The number of hydrogen-bond donors (Lipinski definition) is 0. The summed E-state index contributed by atoms with van der Waals surface area (Å²) in [6, 6.07) is 7.53. The van der Waals surface area contributed by atoms with Gasteiger partial charge in [-0.1, -0.05) is 12.1 Å². The Morgan fingerprint density at radius 2 is 2.16 bits per heavy atom. The number of amides is 1. The van der Waals surface area contributed by atoms with Gasteiger partial charge >= 0.3 is 0 Å². The Hall–Kier alpha value is -1.75. The number of ether oxygens (including phenoxy) is 3. The van der Waals surface area contributed by atoms with E-state index in [0.717, 1.165) is 11.5 Å². The van der Waals surface area contributed by atoms with E-state index < -0.39 is 6.10 Å². The SMILES string of the molecule is COC(C)C(=O)N(C)CC1COc2ccccc2O1. The number of carbonyl (C=O) groups is 1. The van der Waals surface area contributed by atoms with Gasteiger partial charge in [-0.2, -0.15) is 0 Å². The fraction of sp³-hybridized carbons (Fsp3) is 0.500. The van der Waals surface area contributed by atoms with E-state index >= 15 is 0 Å². The van der Waals surface area contributed by atoms with Gasteiger partial charge in [-0.3, -0.25) is 4.79 Å². The molecule has 2 unspecified atom stereocenters. The first-order chi connectivity index (χ1) is 9.11. The maximum atomic E-state index is 11.9. The summed E-state index contributed by atoms with van der Waals surface area (Å²) >= 11 is 0. The average molecular weight is 265 g/mol. The molecule has 1 aromatic carbocycles. The Morgan fingerprint density at radius 1 is 1.47 bits per heavy atom. The Balaban J connectivity index is 1.93. The highest BCUT2D eigenvalue weighted by Crippen LogP contribution is 2.30. The summed E-state index contributed by atoms with van der Waals surface area (Å²) in [6.45, 7) is 2.64. The first kappa shape index (κ1) is 13.7. The number of hydrogen-bond acceptors (Lipinski definition) is 4. The van der Waals surface area contributed by atoms with Gasteiger partial charge in [-0.05, 0) is 19.1 Å². The van der Waals surface area contributed by atoms with Gasteiger partial charge < -0.3 is 19.1 Å². The second-order valence-electron chi connectivity index (χ2n) is 4.59. The van der Waals surface area contributed by atoms with Gasteiger partial charge in [0, 0.05) is 14.2 Å². The molecular weight excluding hydrogens is 246 g/mol. The Bertz CT molecular complexity index is 449. The lowest BCUT2D eigenvalue weighted by Gasteiger charge is -2.30. The van der Waals surface area contributed by atoms with Crippen molar-refractivity contribution in [3.63, 3.8) is 0 Å². The molecule has 0 saturated carbocycles. The molecule has 0 aromatic heterocycles. The minimum atomic E-state index is -0.443. The second-order valence-corrected chi connectivity index (χ2v) is 4.59. The van der Waals surface area contributed by atoms with E-state index in [4.69, 9.17) is 14.2 Å². The number of carbonyl (C=O) groups excluding carboxylic acids is 1. The summed E-state index contributed by atoms with van der Waals surface area (Å²) in [5.41, 5.74) is 0. The highest BCUT2D eigenvalue weighted by Gasteiger charge is 2.25. The standard InChI is InChI=1S/C14H19NO4/c1-10(17-3)14(16)15(2)8-11-9-18-12-6-4-5-7-13(12)19-11/h4-7,10-11H,8-9H2,1-3H3. The van der Waals surface area contributed by atoms with Crippen LogP contribution in [0.3, 0.4) is 0 Å². The molecule has 0 N–H and O–H groups in total. The van der Waals surface area contributed by atoms with Gasteiger partial charge in [0.15, 0.2) is 17.6 Å². The summed E-state index contributed by atoms with van der Waals surface area (Å²) in [6.07, 6.45) is -0.602. The van der Waals surface area contributed by atoms with Crippen molar-refractivity contribution in [3.05, 3.63) is 24.3 Å². The molecule has 0 aliphatic carbocycles. The summed E-state index contributed by atoms with van der Waals surface area (Å²) < 4.78 is 16.4. The third kappa shape index (κ3) is 3.17. The van der Waals surface area contributed by atoms with Crippen molar-refractivity contribution in [2.24, 2.45) is 0 Å². The fourth-order valence-electron chi connectivity index (χ4n) is 1.96. The number of benzene rings is 1. The lowest BCUT2D eigenvalue weighted by molar-refractivity contribution is -0.140. The molecule has 1 amide bonds. The molecule has 0 bridgehead atoms. The van der Waals surface area contributed by atoms with Crippen molar-refractivity contribution >= 4 is 5.91 Å². The molecule has 2 rings (SSSR count). The lowest BCUT2D eigenvalue weighted by atomic mass is 10.2. The molecule has 0 spiro atoms. The van der Waals surface area contributed by atoms with Crippen molar-refractivity contribution < 1.29 is 19.0 Å². The zero-order chi connectivity index (χ0) is 13.8. The zero-order valence-electron chi connectivity index (χ0n) is 11.5. The van der Waals surface area contributed by atoms with Crippen molar-refractivity contribution in [2.75, 3.05) is 27.3 Å². The van der Waals surface area contributed by atoms with Crippen LogP contribution in [0.2, 0.25) is 0 Å². The monoisotopic (exact) mass is 265 g/mol. The van der Waals surface area contributed by atoms with Crippen molar-refractivity contribution in [2.45, 2.75) is 19.1 Å². The van der Waals surface area contributed by atoms with E-state index in [1.54, 1.807) is 18.9 Å². The van der Waals surface area contributed by atoms with Gasteiger partial charge in [0.2, 0.25) is 0 Å². The normalized spacial score (nSPS) is 18.8. The molecule has 0 saturated heterocycles. The Morgan fingerprint density at radius 3 is 2.84 bits per heavy atom. The topological polar surface area (TPSA) is 48.0 Å². The van der Waals surface area contributed by atoms with Gasteiger partial charge in [0.1, 0.15) is 12.7 Å². The van der Waals surface area contributed by atoms with E-state index in [0.29, 0.717) is 13.2 Å². The second kappa shape index (κ2) is 5.93. The zero-order valence-corrected chi connectivity index (χ0v) is 11.5. The average Bonchev–Trinajstić information content (AvgIpc) is 2.45. The van der Waals surface area contributed by atoms with E-state index in [2.05, 4.69) is 0 Å². The number of nitrogens with zero attached hydrogens (tertiary/aromatic N) is 1. The van der Waals surface area contributed by atoms with Gasteiger partial charge in [0.25, 0.3) is 5.91 Å². The number of rotatable bonds is 4. The van der Waals surface area contributed by atoms with Crippen LogP contribution >= 0.6 is 0 Å². The van der Waals surface area contributed by atoms with Crippen LogP contribution in [0, 0.1) is 0 Å². The van der Waals surface area contributed by atoms with E-state index in [1.807, 2.05) is 24.3 Å². The van der Waals surface area contributed by atoms with Crippen LogP contribution in [-0.2, 0) is 9.53 Å². The molecule has 5 nitrogen and oxygen atoms in total. The third-order valence-corrected chi connectivity index (χ3v) is 3.12. The first-order valence-corrected chi connectivity index (χ1v) is 6.28. The van der Waals surface area contributed by atoms with Crippen LogP contribution in [0.5, 0.6) is 11.5 Å². The number of para-hydroxylation sites is 2. The van der Waals surface area contributed by atoms with Crippen molar-refractivity contribution in [3.8, 4) is 11.5 Å². The van der Waals surface area contributed by atoms with Crippen LogP contribution in [0.25, 0.3) is 0 Å². The molecule has 19 heavy (non-hydrogen) atoms. The summed E-state index contributed by atoms with van der Waals surface area (Å²) in [5.74, 6) is 1.40. The van der Waals surface area contributed by atoms with Crippen LogP contribution in [-0.4, -0.2) is 50.3 Å². The van der Waals surface area contributed by atoms with Crippen LogP contribution in [0.1, 0.15) is 6.92 Å². The maximum absolute atomic E-state index is 11.9. The molecule has 2 atom stereocenters. The molecular formula is C14H19NO4. The summed E-state index contributed by atoms with van der Waals surface area (Å²) in [5, 5.41) is 0. The highest BCUT2D eigenvalue weighted by atomic mass is 16.6. The molecule has 1 heterocycles. The van der Waals surface area contributed by atoms with Crippen LogP contribution in [0.15, 0.2) is 24.3 Å². The molecule has 0 fully saturated rings. The summed E-state index contributed by atoms with van der Waals surface area (Å²) in [4.78, 5) is 13.5. The van der Waals surface area contributed by atoms with Gasteiger partial charge in [-0.15, -0.1) is 0 Å². The van der Waals surface area contributed by atoms with E-state index in [-0.39, 0.29) is 12.0 Å². The molecule has 1 aliphatic heterocycles. The third-order valence-electron chi connectivity index (χ3n) is 3.12. The predicted octanol–water partition coefficient (Wildman–Crippen LogP) is 1.32. The smallest absolute Gasteiger partial charge is 0.251 e. The predicted molar refractivity (Wildman–Crippen MR) is 70.5 cm³/mol. The number of fused-ring (bicyclic) bond motifs is 1. The minimum absolute atomic E-state index is 0.0649. The fourth-order valence-corrected chi connectivity index (χ4v) is 1.96. The molecule has 104 valence electrons. The first-order valence-electron chi connectivity index (χ1n) is 6.28. The largest absolute Gasteiger partial charge is 0.486 e. The molecule has 0 radical (unpaired) electrons. The molecule has 1 aliphatic rings. The van der Waals surface area contributed by atoms with Crippen molar-refractivity contribution in [1.82, 2.24) is 4.90 Å². The Labute approximate surface area is 113 Å². The van der Waals surface area contributed by atoms with E-state index in [9.17, 15) is 4.79 Å². The Kier molecular flexibility index (Phi) is 4.27. The maximum Gasteiger partial charge on any atom is 0.251 e. The number of methoxy groups -OCH3 is 1. The molecule has 5 heteroatoms. The summed E-state index contributed by atoms with van der Waals surface area (Å²) in [7, 11) is 3.26.